The fourth-order valence-corrected chi connectivity index (χ4v) is 1.36. The summed E-state index contributed by atoms with van der Waals surface area (Å²) in [5, 5.41) is 9.52. The van der Waals surface area contributed by atoms with Gasteiger partial charge in [-0.05, 0) is 18.2 Å². The van der Waals surface area contributed by atoms with Crippen molar-refractivity contribution in [3.05, 3.63) is 35.7 Å². The molecular formula is C11H7N3O. The molecule has 72 valence electrons. The molecule has 2 rings (SSSR count). The van der Waals surface area contributed by atoms with E-state index in [-0.39, 0.29) is 5.57 Å². The minimum Gasteiger partial charge on any atom is -0.346 e. The van der Waals surface area contributed by atoms with Gasteiger partial charge in [0.15, 0.2) is 6.29 Å². The van der Waals surface area contributed by atoms with Gasteiger partial charge in [-0.25, -0.2) is 4.98 Å². The highest BCUT2D eigenvalue weighted by Gasteiger charge is 2.02. The largest absolute Gasteiger partial charge is 0.346 e. The van der Waals surface area contributed by atoms with E-state index < -0.39 is 0 Å². The van der Waals surface area contributed by atoms with E-state index in [1.165, 1.54) is 6.08 Å². The normalized spacial score (nSPS) is 11.3. The lowest BCUT2D eigenvalue weighted by molar-refractivity contribution is -0.104. The second kappa shape index (κ2) is 3.76. The third kappa shape index (κ3) is 1.63. The standard InChI is InChI=1S/C11H7N3O/c12-5-8(7-15)4-9-6-14-11-10(9)2-1-3-13-11/h1-4,6-7H,(H,13,14)/b8-4-. The number of carbonyl (C=O) groups excluding carboxylic acids is 1. The Morgan fingerprint density at radius 1 is 1.60 bits per heavy atom. The number of carbonyl (C=O) groups is 1. The van der Waals surface area contributed by atoms with Crippen LogP contribution in [0.3, 0.4) is 0 Å². The Morgan fingerprint density at radius 2 is 2.47 bits per heavy atom. The molecule has 2 aromatic rings. The van der Waals surface area contributed by atoms with Crippen molar-refractivity contribution in [1.29, 1.82) is 5.26 Å². The number of nitrogens with zero attached hydrogens (tertiary/aromatic N) is 2. The zero-order chi connectivity index (χ0) is 10.7. The molecule has 15 heavy (non-hydrogen) atoms. The minimum atomic E-state index is 0.0970. The molecule has 0 aliphatic carbocycles. The van der Waals surface area contributed by atoms with Crippen LogP contribution in [0.15, 0.2) is 30.1 Å². The molecule has 2 aromatic heterocycles. The van der Waals surface area contributed by atoms with Gasteiger partial charge in [0.2, 0.25) is 0 Å². The number of hydrogen-bond acceptors (Lipinski definition) is 3. The van der Waals surface area contributed by atoms with Crippen LogP contribution in [0.1, 0.15) is 5.56 Å². The molecule has 0 aromatic carbocycles. The number of aromatic nitrogens is 2. The van der Waals surface area contributed by atoms with E-state index in [0.29, 0.717) is 6.29 Å². The summed E-state index contributed by atoms with van der Waals surface area (Å²) in [4.78, 5) is 17.5. The van der Waals surface area contributed by atoms with Crippen molar-refractivity contribution >= 4 is 23.4 Å². The van der Waals surface area contributed by atoms with E-state index >= 15 is 0 Å². The summed E-state index contributed by atoms with van der Waals surface area (Å²) in [7, 11) is 0. The van der Waals surface area contributed by atoms with Crippen molar-refractivity contribution in [3.8, 4) is 6.07 Å². The number of nitriles is 1. The first-order valence-corrected chi connectivity index (χ1v) is 4.34. The van der Waals surface area contributed by atoms with Gasteiger partial charge < -0.3 is 4.98 Å². The Bertz CT molecular complexity index is 575. The summed E-state index contributed by atoms with van der Waals surface area (Å²) < 4.78 is 0. The lowest BCUT2D eigenvalue weighted by Crippen LogP contribution is -1.79. The fourth-order valence-electron chi connectivity index (χ4n) is 1.36. The molecule has 0 fully saturated rings. The van der Waals surface area contributed by atoms with Crippen LogP contribution in [0.4, 0.5) is 0 Å². The van der Waals surface area contributed by atoms with Crippen LogP contribution in [-0.2, 0) is 4.79 Å². The summed E-state index contributed by atoms with van der Waals surface area (Å²) in [6, 6.07) is 5.50. The number of nitrogens with one attached hydrogen (secondary N) is 1. The highest BCUT2D eigenvalue weighted by Crippen LogP contribution is 2.17. The van der Waals surface area contributed by atoms with Crippen LogP contribution in [0.25, 0.3) is 17.1 Å². The van der Waals surface area contributed by atoms with Gasteiger partial charge in [-0.2, -0.15) is 5.26 Å². The second-order valence-electron chi connectivity index (χ2n) is 2.97. The molecule has 0 spiro atoms. The van der Waals surface area contributed by atoms with Crippen molar-refractivity contribution in [2.24, 2.45) is 0 Å². The Balaban J connectivity index is 2.59. The van der Waals surface area contributed by atoms with Gasteiger partial charge in [0.05, 0.1) is 5.57 Å². The Kier molecular flexibility index (Phi) is 2.30. The molecule has 1 N–H and O–H groups in total. The van der Waals surface area contributed by atoms with Gasteiger partial charge in [0.1, 0.15) is 11.7 Å². The van der Waals surface area contributed by atoms with Crippen LogP contribution in [0.2, 0.25) is 0 Å². The van der Waals surface area contributed by atoms with Crippen LogP contribution >= 0.6 is 0 Å². The Hall–Kier alpha value is -2.41. The Morgan fingerprint density at radius 3 is 3.20 bits per heavy atom. The van der Waals surface area contributed by atoms with Crippen molar-refractivity contribution in [2.45, 2.75) is 0 Å². The molecule has 0 atom stereocenters. The molecule has 0 saturated carbocycles. The summed E-state index contributed by atoms with van der Waals surface area (Å²) in [6.07, 6.45) is 5.47. The quantitative estimate of drug-likeness (QED) is 0.452. The Labute approximate surface area is 85.9 Å². The van der Waals surface area contributed by atoms with E-state index in [0.717, 1.165) is 16.6 Å². The lowest BCUT2D eigenvalue weighted by atomic mass is 10.1. The summed E-state index contributed by atoms with van der Waals surface area (Å²) in [6.45, 7) is 0. The van der Waals surface area contributed by atoms with E-state index in [2.05, 4.69) is 9.97 Å². The third-order valence-corrected chi connectivity index (χ3v) is 2.05. The minimum absolute atomic E-state index is 0.0970. The molecule has 0 unspecified atom stereocenters. The monoisotopic (exact) mass is 197 g/mol. The molecule has 4 heteroatoms. The smallest absolute Gasteiger partial charge is 0.160 e. The molecular weight excluding hydrogens is 190 g/mol. The van der Waals surface area contributed by atoms with Gasteiger partial charge in [-0.3, -0.25) is 4.79 Å². The van der Waals surface area contributed by atoms with Crippen molar-refractivity contribution < 1.29 is 4.79 Å². The summed E-state index contributed by atoms with van der Waals surface area (Å²) in [5.74, 6) is 0. The van der Waals surface area contributed by atoms with E-state index in [9.17, 15) is 4.79 Å². The highest BCUT2D eigenvalue weighted by atomic mass is 16.1. The summed E-state index contributed by atoms with van der Waals surface area (Å²) in [5.41, 5.74) is 1.63. The fraction of sp³-hybridized carbons (Fsp3) is 0. The number of pyridine rings is 1. The van der Waals surface area contributed by atoms with Gasteiger partial charge >= 0.3 is 0 Å². The molecule has 0 aliphatic heterocycles. The summed E-state index contributed by atoms with van der Waals surface area (Å²) >= 11 is 0. The number of aromatic amines is 1. The maximum absolute atomic E-state index is 10.5. The molecule has 0 aliphatic rings. The van der Waals surface area contributed by atoms with Gasteiger partial charge in [0.25, 0.3) is 0 Å². The molecule has 0 saturated heterocycles. The number of allylic oxidation sites excluding steroid dienone is 1. The number of rotatable bonds is 2. The van der Waals surface area contributed by atoms with Crippen molar-refractivity contribution in [2.75, 3.05) is 0 Å². The zero-order valence-corrected chi connectivity index (χ0v) is 7.77. The maximum atomic E-state index is 10.5. The first kappa shape index (κ1) is 9.16. The van der Waals surface area contributed by atoms with Crippen molar-refractivity contribution in [1.82, 2.24) is 9.97 Å². The highest BCUT2D eigenvalue weighted by molar-refractivity contribution is 5.93. The second-order valence-corrected chi connectivity index (χ2v) is 2.97. The average Bonchev–Trinajstić information content (AvgIpc) is 2.69. The lowest BCUT2D eigenvalue weighted by Gasteiger charge is -1.89. The number of H-pyrrole nitrogens is 1. The van der Waals surface area contributed by atoms with E-state index in [4.69, 9.17) is 5.26 Å². The topological polar surface area (TPSA) is 69.5 Å². The van der Waals surface area contributed by atoms with Crippen LogP contribution in [0.5, 0.6) is 0 Å². The van der Waals surface area contributed by atoms with E-state index in [1.54, 1.807) is 18.5 Å². The van der Waals surface area contributed by atoms with Gasteiger partial charge in [-0.15, -0.1) is 0 Å². The van der Waals surface area contributed by atoms with Crippen molar-refractivity contribution in [3.63, 3.8) is 0 Å². The SMILES string of the molecule is N#C/C(C=O)=C/c1c[nH]c2ncccc12. The first-order valence-electron chi connectivity index (χ1n) is 4.34. The third-order valence-electron chi connectivity index (χ3n) is 2.05. The molecule has 0 bridgehead atoms. The maximum Gasteiger partial charge on any atom is 0.160 e. The van der Waals surface area contributed by atoms with Gasteiger partial charge in [0, 0.05) is 23.3 Å². The van der Waals surface area contributed by atoms with Gasteiger partial charge in [-0.1, -0.05) is 0 Å². The molecule has 0 radical (unpaired) electrons. The molecule has 2 heterocycles. The number of hydrogen-bond donors (Lipinski definition) is 1. The zero-order valence-electron chi connectivity index (χ0n) is 7.77. The van der Waals surface area contributed by atoms with Crippen LogP contribution in [0, 0.1) is 11.3 Å². The van der Waals surface area contributed by atoms with Crippen LogP contribution < -0.4 is 0 Å². The molecule has 4 nitrogen and oxygen atoms in total. The first-order chi connectivity index (χ1) is 7.35. The van der Waals surface area contributed by atoms with Crippen LogP contribution in [-0.4, -0.2) is 16.3 Å². The predicted molar refractivity (Wildman–Crippen MR) is 55.7 cm³/mol. The number of fused-ring (bicyclic) bond motifs is 1. The van der Waals surface area contributed by atoms with E-state index in [1.807, 2.05) is 12.1 Å². The predicted octanol–water partition coefficient (Wildman–Crippen LogP) is 1.67. The number of aldehydes is 1. The molecule has 0 amide bonds. The average molecular weight is 197 g/mol.